The molecule has 10 nitrogen and oxygen atoms in total. The van der Waals surface area contributed by atoms with Crippen LogP contribution in [0.1, 0.15) is 28.4 Å². The van der Waals surface area contributed by atoms with E-state index in [0.29, 0.717) is 10.2 Å². The van der Waals surface area contributed by atoms with Gasteiger partial charge in [-0.25, -0.2) is 4.99 Å². The number of phenolic OH excluding ortho intramolecular Hbond substituents is 1. The number of carboxylic acid groups (broad SMARTS) is 1. The molecule has 0 aromatic heterocycles. The average molecular weight is 478 g/mol. The molecule has 30 heavy (non-hydrogen) atoms. The third kappa shape index (κ3) is 6.78. The number of aromatic hydroxyl groups is 1. The Kier molecular flexibility index (Phi) is 7.76. The number of aliphatic carboxylic acids is 1. The largest absolute Gasteiger partial charge is 0.508 e. The molecule has 0 aliphatic heterocycles. The number of carbonyl (C=O) groups excluding carboxylic acids is 2. The maximum atomic E-state index is 12.3. The van der Waals surface area contributed by atoms with Crippen molar-refractivity contribution in [1.29, 1.82) is 0 Å². The predicted molar refractivity (Wildman–Crippen MR) is 113 cm³/mol. The maximum Gasteiger partial charge on any atom is 0.305 e. The van der Waals surface area contributed by atoms with E-state index in [1.807, 2.05) is 0 Å². The molecule has 0 saturated heterocycles. The summed E-state index contributed by atoms with van der Waals surface area (Å²) >= 11 is 3.24. The van der Waals surface area contributed by atoms with Crippen LogP contribution in [0.3, 0.4) is 0 Å². The van der Waals surface area contributed by atoms with Crippen molar-refractivity contribution >= 4 is 45.4 Å². The molecule has 0 radical (unpaired) electrons. The summed E-state index contributed by atoms with van der Waals surface area (Å²) in [5.41, 5.74) is 11.5. The molecule has 2 amide bonds. The van der Waals surface area contributed by atoms with Gasteiger partial charge in [-0.3, -0.25) is 14.4 Å². The highest BCUT2D eigenvalue weighted by Gasteiger charge is 2.21. The lowest BCUT2D eigenvalue weighted by molar-refractivity contribution is -0.137. The van der Waals surface area contributed by atoms with Crippen molar-refractivity contribution in [3.05, 3.63) is 58.1 Å². The lowest BCUT2D eigenvalue weighted by Gasteiger charge is -2.19. The molecule has 2 rings (SSSR count). The van der Waals surface area contributed by atoms with Gasteiger partial charge in [-0.05, 0) is 36.4 Å². The second-order valence-corrected chi connectivity index (χ2v) is 7.11. The van der Waals surface area contributed by atoms with E-state index in [2.05, 4.69) is 31.6 Å². The van der Waals surface area contributed by atoms with E-state index in [0.717, 1.165) is 0 Å². The molecule has 11 heteroatoms. The van der Waals surface area contributed by atoms with E-state index in [1.54, 1.807) is 18.2 Å². The van der Waals surface area contributed by atoms with Crippen LogP contribution in [-0.4, -0.2) is 40.5 Å². The number of guanidine groups is 1. The van der Waals surface area contributed by atoms with Gasteiger partial charge in [-0.2, -0.15) is 0 Å². The lowest BCUT2D eigenvalue weighted by atomic mass is 10.0. The fourth-order valence-electron chi connectivity index (χ4n) is 2.59. The van der Waals surface area contributed by atoms with Gasteiger partial charge in [-0.15, -0.1) is 0 Å². The zero-order chi connectivity index (χ0) is 22.3. The van der Waals surface area contributed by atoms with Crippen LogP contribution >= 0.6 is 15.9 Å². The van der Waals surface area contributed by atoms with E-state index in [1.165, 1.54) is 24.3 Å². The monoisotopic (exact) mass is 477 g/mol. The summed E-state index contributed by atoms with van der Waals surface area (Å²) in [7, 11) is 0. The second-order valence-electron chi connectivity index (χ2n) is 6.19. The van der Waals surface area contributed by atoms with E-state index in [-0.39, 0.29) is 22.8 Å². The second kappa shape index (κ2) is 10.3. The molecule has 0 spiro atoms. The Morgan fingerprint density at radius 2 is 1.87 bits per heavy atom. The number of nitrogens with one attached hydrogen (secondary N) is 2. The van der Waals surface area contributed by atoms with Gasteiger partial charge in [-0.1, -0.05) is 22.0 Å². The first-order valence-electron chi connectivity index (χ1n) is 8.63. The van der Waals surface area contributed by atoms with E-state index in [9.17, 15) is 19.5 Å². The standard InChI is InChI=1S/C19H20BrN5O5/c20-11-4-5-15(26)13(7-11)14(8-17(28)29)25-16(27)9-23-18(30)10-2-1-3-12(6-10)24-19(21)22/h1-7,14,26H,8-9H2,(H,23,30)(H,25,27)(H,28,29)(H4,21,22,24). The van der Waals surface area contributed by atoms with Crippen molar-refractivity contribution < 1.29 is 24.6 Å². The smallest absolute Gasteiger partial charge is 0.305 e. The third-order valence-electron chi connectivity index (χ3n) is 3.86. The number of phenols is 1. The number of hydrogen-bond acceptors (Lipinski definition) is 5. The van der Waals surface area contributed by atoms with Crippen LogP contribution in [0.2, 0.25) is 0 Å². The summed E-state index contributed by atoms with van der Waals surface area (Å²) in [6, 6.07) is 9.62. The molecule has 158 valence electrons. The van der Waals surface area contributed by atoms with Crippen LogP contribution in [0.4, 0.5) is 5.69 Å². The summed E-state index contributed by atoms with van der Waals surface area (Å²) in [6.45, 7) is -0.407. The number of nitrogens with zero attached hydrogens (tertiary/aromatic N) is 1. The first kappa shape index (κ1) is 22.7. The molecule has 1 unspecified atom stereocenters. The topological polar surface area (TPSA) is 180 Å². The van der Waals surface area contributed by atoms with Gasteiger partial charge in [0.1, 0.15) is 5.75 Å². The number of benzene rings is 2. The summed E-state index contributed by atoms with van der Waals surface area (Å²) in [5.74, 6) is -2.66. The molecular weight excluding hydrogens is 458 g/mol. The molecule has 2 aromatic rings. The highest BCUT2D eigenvalue weighted by Crippen LogP contribution is 2.29. The minimum absolute atomic E-state index is 0.160. The Morgan fingerprint density at radius 3 is 2.53 bits per heavy atom. The van der Waals surface area contributed by atoms with Gasteiger partial charge in [0, 0.05) is 15.6 Å². The number of hydrogen-bond donors (Lipinski definition) is 6. The fourth-order valence-corrected chi connectivity index (χ4v) is 2.97. The number of carbonyl (C=O) groups is 3. The number of amides is 2. The quantitative estimate of drug-likeness (QED) is 0.243. The van der Waals surface area contributed by atoms with Crippen LogP contribution in [0.15, 0.2) is 51.9 Å². The van der Waals surface area contributed by atoms with Crippen molar-refractivity contribution in [2.24, 2.45) is 16.5 Å². The Bertz CT molecular complexity index is 991. The molecule has 0 fully saturated rings. The van der Waals surface area contributed by atoms with Crippen LogP contribution in [-0.2, 0) is 9.59 Å². The number of carboxylic acids is 1. The average Bonchev–Trinajstić information content (AvgIpc) is 2.67. The number of halogens is 1. The molecule has 0 aliphatic rings. The zero-order valence-electron chi connectivity index (χ0n) is 15.6. The van der Waals surface area contributed by atoms with Gasteiger partial charge < -0.3 is 32.3 Å². The summed E-state index contributed by atoms with van der Waals surface area (Å²) in [5, 5.41) is 24.1. The Labute approximate surface area is 180 Å². The number of nitrogens with two attached hydrogens (primary N) is 2. The highest BCUT2D eigenvalue weighted by atomic mass is 79.9. The Balaban J connectivity index is 2.05. The molecule has 0 saturated carbocycles. The third-order valence-corrected chi connectivity index (χ3v) is 4.35. The number of rotatable bonds is 8. The van der Waals surface area contributed by atoms with Gasteiger partial charge in [0.05, 0.1) is 24.7 Å². The van der Waals surface area contributed by atoms with Gasteiger partial charge in [0.2, 0.25) is 5.91 Å². The predicted octanol–water partition coefficient (Wildman–Crippen LogP) is 1.12. The molecule has 0 aliphatic carbocycles. The minimum Gasteiger partial charge on any atom is -0.508 e. The Morgan fingerprint density at radius 1 is 1.13 bits per heavy atom. The van der Waals surface area contributed by atoms with Crippen LogP contribution in [0.25, 0.3) is 0 Å². The van der Waals surface area contributed by atoms with Gasteiger partial charge >= 0.3 is 5.97 Å². The molecule has 1 atom stereocenters. The van der Waals surface area contributed by atoms with Crippen molar-refractivity contribution in [3.63, 3.8) is 0 Å². The highest BCUT2D eigenvalue weighted by molar-refractivity contribution is 9.10. The Hall–Kier alpha value is -3.60. The maximum absolute atomic E-state index is 12.3. The van der Waals surface area contributed by atoms with Gasteiger partial charge in [0.25, 0.3) is 5.91 Å². The molecular formula is C19H20BrN5O5. The summed E-state index contributed by atoms with van der Waals surface area (Å²) < 4.78 is 0.605. The van der Waals surface area contributed by atoms with Crippen molar-refractivity contribution in [1.82, 2.24) is 10.6 Å². The molecule has 0 heterocycles. The fraction of sp³-hybridized carbons (Fsp3) is 0.158. The van der Waals surface area contributed by atoms with Crippen molar-refractivity contribution in [3.8, 4) is 5.75 Å². The van der Waals surface area contributed by atoms with Crippen LogP contribution in [0, 0.1) is 0 Å². The van der Waals surface area contributed by atoms with Crippen molar-refractivity contribution in [2.75, 3.05) is 6.54 Å². The normalized spacial score (nSPS) is 11.2. The molecule has 2 aromatic carbocycles. The lowest BCUT2D eigenvalue weighted by Crippen LogP contribution is -2.39. The van der Waals surface area contributed by atoms with E-state index in [4.69, 9.17) is 16.6 Å². The first-order valence-corrected chi connectivity index (χ1v) is 9.42. The zero-order valence-corrected chi connectivity index (χ0v) is 17.2. The SMILES string of the molecule is NC(N)=Nc1cccc(C(=O)NCC(=O)NC(CC(=O)O)c2cc(Br)ccc2O)c1. The molecule has 8 N–H and O–H groups in total. The summed E-state index contributed by atoms with van der Waals surface area (Å²) in [6.07, 6.45) is -0.454. The van der Waals surface area contributed by atoms with E-state index < -0.39 is 36.8 Å². The summed E-state index contributed by atoms with van der Waals surface area (Å²) in [4.78, 5) is 39.6. The molecule has 0 bridgehead atoms. The van der Waals surface area contributed by atoms with Crippen LogP contribution in [0.5, 0.6) is 5.75 Å². The minimum atomic E-state index is -1.17. The first-order chi connectivity index (χ1) is 14.2. The van der Waals surface area contributed by atoms with Gasteiger partial charge in [0.15, 0.2) is 5.96 Å². The van der Waals surface area contributed by atoms with Crippen molar-refractivity contribution in [2.45, 2.75) is 12.5 Å². The van der Waals surface area contributed by atoms with E-state index >= 15 is 0 Å². The number of aliphatic imine (C=N–C) groups is 1. The van der Waals surface area contributed by atoms with Crippen LogP contribution < -0.4 is 22.1 Å².